The molecular weight excluding hydrogens is 485 g/mol. The molecule has 11 heteroatoms. The highest BCUT2D eigenvalue weighted by molar-refractivity contribution is 6.04. The van der Waals surface area contributed by atoms with Crippen LogP contribution in [0, 0.1) is 0 Å². The van der Waals surface area contributed by atoms with E-state index in [1.54, 1.807) is 17.8 Å². The van der Waals surface area contributed by atoms with Gasteiger partial charge >= 0.3 is 6.18 Å². The number of benzene rings is 2. The molecular formula is C26H21F3N6O2. The van der Waals surface area contributed by atoms with E-state index >= 15 is 0 Å². The lowest BCUT2D eigenvalue weighted by molar-refractivity contribution is -0.141. The Hall–Kier alpha value is -4.54. The summed E-state index contributed by atoms with van der Waals surface area (Å²) in [7, 11) is 0. The summed E-state index contributed by atoms with van der Waals surface area (Å²) in [6.45, 7) is 2.07. The summed E-state index contributed by atoms with van der Waals surface area (Å²) in [5.74, 6) is -2.18. The molecule has 2 aromatic carbocycles. The van der Waals surface area contributed by atoms with Gasteiger partial charge in [0.1, 0.15) is 17.6 Å². The van der Waals surface area contributed by atoms with Gasteiger partial charge in [0.2, 0.25) is 5.82 Å². The van der Waals surface area contributed by atoms with Gasteiger partial charge in [-0.2, -0.15) is 18.3 Å². The van der Waals surface area contributed by atoms with Gasteiger partial charge < -0.3 is 5.32 Å². The highest BCUT2D eigenvalue weighted by Crippen LogP contribution is 2.41. The molecule has 2 aromatic heterocycles. The highest BCUT2D eigenvalue weighted by Gasteiger charge is 2.44. The van der Waals surface area contributed by atoms with E-state index in [9.17, 15) is 22.8 Å². The van der Waals surface area contributed by atoms with Crippen molar-refractivity contribution in [1.29, 1.82) is 0 Å². The summed E-state index contributed by atoms with van der Waals surface area (Å²) in [6, 6.07) is 17.9. The summed E-state index contributed by atoms with van der Waals surface area (Å²) >= 11 is 0. The third-order valence-electron chi connectivity index (χ3n) is 6.14. The average molecular weight is 506 g/mol. The number of halogens is 3. The Bertz CT molecular complexity index is 1440. The van der Waals surface area contributed by atoms with E-state index < -0.39 is 41.5 Å². The SMILES string of the molecule is CCN1C(=O)[C@H](NC(=O)c2nccc(C(F)(F)F)n2)[C@@H](c2ccccc2)c2cnn(-c3ccccc3)c21. The van der Waals surface area contributed by atoms with Gasteiger partial charge in [0, 0.05) is 24.2 Å². The molecule has 0 unspecified atom stereocenters. The Morgan fingerprint density at radius 2 is 1.70 bits per heavy atom. The third kappa shape index (κ3) is 4.44. The number of hydrogen-bond donors (Lipinski definition) is 1. The van der Waals surface area contributed by atoms with Gasteiger partial charge in [-0.1, -0.05) is 48.5 Å². The van der Waals surface area contributed by atoms with Crippen molar-refractivity contribution in [2.45, 2.75) is 25.1 Å². The molecule has 0 fully saturated rings. The topological polar surface area (TPSA) is 93.0 Å². The van der Waals surface area contributed by atoms with E-state index in [0.717, 1.165) is 17.4 Å². The van der Waals surface area contributed by atoms with Gasteiger partial charge in [0.15, 0.2) is 0 Å². The zero-order chi connectivity index (χ0) is 26.2. The fourth-order valence-electron chi connectivity index (χ4n) is 4.51. The van der Waals surface area contributed by atoms with Gasteiger partial charge in [-0.3, -0.25) is 14.5 Å². The molecule has 1 aliphatic rings. The number of nitrogens with zero attached hydrogens (tertiary/aromatic N) is 5. The van der Waals surface area contributed by atoms with E-state index in [2.05, 4.69) is 20.4 Å². The molecule has 2 amide bonds. The van der Waals surface area contributed by atoms with Crippen LogP contribution < -0.4 is 10.2 Å². The number of hydrogen-bond acceptors (Lipinski definition) is 5. The van der Waals surface area contributed by atoms with E-state index in [1.807, 2.05) is 60.7 Å². The molecule has 0 aliphatic carbocycles. The lowest BCUT2D eigenvalue weighted by Crippen LogP contribution is -2.55. The van der Waals surface area contributed by atoms with Crippen molar-refractivity contribution < 1.29 is 22.8 Å². The molecule has 4 aromatic rings. The van der Waals surface area contributed by atoms with Crippen LogP contribution in [-0.2, 0) is 11.0 Å². The number of nitrogens with one attached hydrogen (secondary N) is 1. The Morgan fingerprint density at radius 3 is 2.35 bits per heavy atom. The summed E-state index contributed by atoms with van der Waals surface area (Å²) in [5, 5.41) is 7.15. The first-order valence-corrected chi connectivity index (χ1v) is 11.5. The zero-order valence-electron chi connectivity index (χ0n) is 19.6. The predicted octanol–water partition coefficient (Wildman–Crippen LogP) is 3.98. The maximum Gasteiger partial charge on any atom is 0.433 e. The monoisotopic (exact) mass is 506 g/mol. The summed E-state index contributed by atoms with van der Waals surface area (Å²) in [6.07, 6.45) is -2.23. The van der Waals surface area contributed by atoms with Crippen molar-refractivity contribution in [3.05, 3.63) is 102 Å². The average Bonchev–Trinajstić information content (AvgIpc) is 3.34. The second-order valence-electron chi connectivity index (χ2n) is 8.36. The molecule has 0 spiro atoms. The molecule has 1 N–H and O–H groups in total. The number of anilines is 1. The van der Waals surface area contributed by atoms with Gasteiger partial charge in [0.05, 0.1) is 11.9 Å². The number of carbonyl (C=O) groups excluding carboxylic acids is 2. The number of fused-ring (bicyclic) bond motifs is 1. The zero-order valence-corrected chi connectivity index (χ0v) is 19.6. The van der Waals surface area contributed by atoms with E-state index in [4.69, 9.17) is 0 Å². The Labute approximate surface area is 209 Å². The fourth-order valence-corrected chi connectivity index (χ4v) is 4.51. The largest absolute Gasteiger partial charge is 0.433 e. The van der Waals surface area contributed by atoms with Crippen molar-refractivity contribution in [2.24, 2.45) is 0 Å². The molecule has 3 heterocycles. The first-order chi connectivity index (χ1) is 17.8. The molecule has 2 atom stereocenters. The normalized spacial score (nSPS) is 17.4. The molecule has 0 saturated carbocycles. The number of carbonyl (C=O) groups is 2. The van der Waals surface area contributed by atoms with Crippen LogP contribution in [0.4, 0.5) is 19.0 Å². The van der Waals surface area contributed by atoms with E-state index in [0.29, 0.717) is 17.4 Å². The summed E-state index contributed by atoms with van der Waals surface area (Å²) in [5.41, 5.74) is 0.924. The number of alkyl halides is 3. The summed E-state index contributed by atoms with van der Waals surface area (Å²) in [4.78, 5) is 35.5. The smallest absolute Gasteiger partial charge is 0.337 e. The third-order valence-corrected chi connectivity index (χ3v) is 6.14. The van der Waals surface area contributed by atoms with E-state index in [1.165, 1.54) is 4.90 Å². The summed E-state index contributed by atoms with van der Waals surface area (Å²) < 4.78 is 41.1. The molecule has 5 rings (SSSR count). The van der Waals surface area contributed by atoms with Crippen molar-refractivity contribution in [1.82, 2.24) is 25.1 Å². The van der Waals surface area contributed by atoms with Gasteiger partial charge in [0.25, 0.3) is 11.8 Å². The molecule has 8 nitrogen and oxygen atoms in total. The van der Waals surface area contributed by atoms with Crippen molar-refractivity contribution in [3.8, 4) is 5.69 Å². The highest BCUT2D eigenvalue weighted by atomic mass is 19.4. The second-order valence-corrected chi connectivity index (χ2v) is 8.36. The Kier molecular flexibility index (Phi) is 6.20. The lowest BCUT2D eigenvalue weighted by Gasteiger charge is -2.38. The quantitative estimate of drug-likeness (QED) is 0.442. The number of amides is 2. The molecule has 1 aliphatic heterocycles. The standard InChI is InChI=1S/C26H21F3N6O2/c1-2-34-24-18(15-31-35(24)17-11-7-4-8-12-17)20(16-9-5-3-6-10-16)21(25(34)37)33-23(36)22-30-14-13-19(32-22)26(27,28)29/h3-15,20-21H,2H2,1H3,(H,33,36)/t20-,21+/m0/s1. The van der Waals surface area contributed by atoms with Crippen LogP contribution in [0.5, 0.6) is 0 Å². The first kappa shape index (κ1) is 24.2. The molecule has 37 heavy (non-hydrogen) atoms. The molecule has 0 saturated heterocycles. The lowest BCUT2D eigenvalue weighted by atomic mass is 9.82. The minimum atomic E-state index is -4.74. The van der Waals surface area contributed by atoms with Gasteiger partial charge in [-0.25, -0.2) is 14.6 Å². The Balaban J connectivity index is 1.60. The van der Waals surface area contributed by atoms with Crippen molar-refractivity contribution in [3.63, 3.8) is 0 Å². The Morgan fingerprint density at radius 1 is 1.03 bits per heavy atom. The van der Waals surface area contributed by atoms with Crippen LogP contribution in [-0.4, -0.2) is 44.1 Å². The van der Waals surface area contributed by atoms with Crippen LogP contribution >= 0.6 is 0 Å². The maximum absolute atomic E-state index is 13.8. The van der Waals surface area contributed by atoms with E-state index in [-0.39, 0.29) is 6.54 Å². The van der Waals surface area contributed by atoms with Crippen LogP contribution in [0.3, 0.4) is 0 Å². The van der Waals surface area contributed by atoms with Crippen LogP contribution in [0.1, 0.15) is 40.3 Å². The van der Waals surface area contributed by atoms with Gasteiger partial charge in [-0.05, 0) is 30.7 Å². The molecule has 0 radical (unpaired) electrons. The second kappa shape index (κ2) is 9.49. The van der Waals surface area contributed by atoms with Gasteiger partial charge in [-0.15, -0.1) is 0 Å². The minimum absolute atomic E-state index is 0.276. The first-order valence-electron chi connectivity index (χ1n) is 11.5. The predicted molar refractivity (Wildman–Crippen MR) is 128 cm³/mol. The minimum Gasteiger partial charge on any atom is -0.337 e. The van der Waals surface area contributed by atoms with Crippen molar-refractivity contribution >= 4 is 17.6 Å². The fraction of sp³-hybridized carbons (Fsp3) is 0.192. The van der Waals surface area contributed by atoms with Crippen molar-refractivity contribution in [2.75, 3.05) is 11.4 Å². The number of likely N-dealkylation sites (N-methyl/N-ethyl adjacent to an activating group) is 1. The van der Waals surface area contributed by atoms with Crippen LogP contribution in [0.15, 0.2) is 79.1 Å². The number of aromatic nitrogens is 4. The van der Waals surface area contributed by atoms with Crippen LogP contribution in [0.2, 0.25) is 0 Å². The number of rotatable bonds is 5. The molecule has 0 bridgehead atoms. The maximum atomic E-state index is 13.8. The molecule has 188 valence electrons. The number of para-hydroxylation sites is 1. The van der Waals surface area contributed by atoms with Crippen LogP contribution in [0.25, 0.3) is 5.69 Å².